The average molecular weight is 397 g/mol. The smallest absolute Gasteiger partial charge is 0.200 e. The average Bonchev–Trinajstić information content (AvgIpc) is 2.76. The molecular formula is C22H23NO6. The summed E-state index contributed by atoms with van der Waals surface area (Å²) >= 11 is 0. The number of morpholine rings is 1. The van der Waals surface area contributed by atoms with Crippen LogP contribution in [-0.4, -0.2) is 40.5 Å². The van der Waals surface area contributed by atoms with E-state index in [0.717, 1.165) is 13.1 Å². The van der Waals surface area contributed by atoms with Gasteiger partial charge in [-0.25, -0.2) is 0 Å². The highest BCUT2D eigenvalue weighted by Crippen LogP contribution is 2.32. The quantitative estimate of drug-likeness (QED) is 0.691. The Labute approximate surface area is 168 Å². The van der Waals surface area contributed by atoms with Gasteiger partial charge in [-0.15, -0.1) is 0 Å². The molecule has 2 aromatic carbocycles. The number of hydrogen-bond donors (Lipinski definition) is 1. The number of methoxy groups -OCH3 is 2. The molecule has 0 bridgehead atoms. The van der Waals surface area contributed by atoms with Gasteiger partial charge in [-0.1, -0.05) is 17.9 Å². The number of nitrogens with one attached hydrogen (secondary N) is 1. The van der Waals surface area contributed by atoms with Gasteiger partial charge in [-0.3, -0.25) is 4.79 Å². The van der Waals surface area contributed by atoms with Crippen LogP contribution in [0.2, 0.25) is 0 Å². The molecule has 29 heavy (non-hydrogen) atoms. The molecule has 4 rings (SSSR count). The summed E-state index contributed by atoms with van der Waals surface area (Å²) in [6, 6.07) is 8.25. The van der Waals surface area contributed by atoms with E-state index in [2.05, 4.69) is 0 Å². The third kappa shape index (κ3) is 3.66. The zero-order valence-corrected chi connectivity index (χ0v) is 16.4. The van der Waals surface area contributed by atoms with E-state index >= 15 is 0 Å². The number of benzene rings is 2. The van der Waals surface area contributed by atoms with Crippen molar-refractivity contribution in [3.63, 3.8) is 0 Å². The summed E-state index contributed by atoms with van der Waals surface area (Å²) in [6.45, 7) is 3.50. The van der Waals surface area contributed by atoms with Crippen molar-refractivity contribution < 1.29 is 28.6 Å². The van der Waals surface area contributed by atoms with E-state index in [9.17, 15) is 9.90 Å². The lowest BCUT2D eigenvalue weighted by Crippen LogP contribution is -3.12. The Morgan fingerprint density at radius 3 is 2.55 bits per heavy atom. The molecule has 0 radical (unpaired) electrons. The van der Waals surface area contributed by atoms with Crippen LogP contribution in [0.5, 0.6) is 17.2 Å². The minimum atomic E-state index is -0.184. The highest BCUT2D eigenvalue weighted by molar-refractivity contribution is 5.85. The van der Waals surface area contributed by atoms with Crippen LogP contribution in [0.25, 0.3) is 22.1 Å². The second-order valence-corrected chi connectivity index (χ2v) is 7.01. The molecule has 0 spiro atoms. The van der Waals surface area contributed by atoms with Crippen molar-refractivity contribution in [2.24, 2.45) is 0 Å². The number of quaternary nitrogens is 1. The SMILES string of the molecule is COc1ccc(-c2coc3c(C[NH+]4CCOCC4)c([O-])ccc3c2=O)cc1OC. The topological polar surface area (TPSA) is 85.4 Å². The summed E-state index contributed by atoms with van der Waals surface area (Å²) in [5.74, 6) is 0.989. The molecule has 152 valence electrons. The van der Waals surface area contributed by atoms with E-state index in [-0.39, 0.29) is 11.2 Å². The molecule has 1 saturated heterocycles. The second kappa shape index (κ2) is 8.14. The first-order chi connectivity index (χ1) is 14.1. The molecule has 0 saturated carbocycles. The number of rotatable bonds is 5. The third-order valence-electron chi connectivity index (χ3n) is 5.32. The Balaban J connectivity index is 1.78. The summed E-state index contributed by atoms with van der Waals surface area (Å²) in [6.07, 6.45) is 1.42. The van der Waals surface area contributed by atoms with Crippen molar-refractivity contribution in [3.8, 4) is 28.4 Å². The largest absolute Gasteiger partial charge is 0.872 e. The van der Waals surface area contributed by atoms with Crippen LogP contribution in [0.1, 0.15) is 5.56 Å². The second-order valence-electron chi connectivity index (χ2n) is 7.01. The maximum atomic E-state index is 13.2. The molecule has 0 atom stereocenters. The molecule has 1 N–H and O–H groups in total. The Kier molecular flexibility index (Phi) is 5.42. The summed E-state index contributed by atoms with van der Waals surface area (Å²) in [7, 11) is 3.10. The van der Waals surface area contributed by atoms with Gasteiger partial charge in [-0.05, 0) is 23.8 Å². The van der Waals surface area contributed by atoms with Gasteiger partial charge in [0.05, 0.1) is 38.4 Å². The highest BCUT2D eigenvalue weighted by atomic mass is 16.5. The fraction of sp³-hybridized carbons (Fsp3) is 0.318. The number of ether oxygens (including phenoxy) is 3. The molecule has 0 amide bonds. The normalized spacial score (nSPS) is 14.8. The lowest BCUT2D eigenvalue weighted by atomic mass is 10.0. The Bertz CT molecular complexity index is 1080. The molecule has 1 aliphatic rings. The summed E-state index contributed by atoms with van der Waals surface area (Å²) in [5, 5.41) is 12.9. The molecule has 3 aromatic rings. The van der Waals surface area contributed by atoms with Crippen LogP contribution in [0.15, 0.2) is 45.8 Å². The number of hydrogen-bond acceptors (Lipinski definition) is 6. The van der Waals surface area contributed by atoms with Crippen LogP contribution in [0.4, 0.5) is 0 Å². The standard InChI is InChI=1S/C22H23NO6/c1-26-19-6-3-14(11-20(19)27-2)17-13-29-22-15(21(17)25)4-5-18(24)16(22)12-23-7-9-28-10-8-23/h3-6,11,13,24H,7-10,12H2,1-2H3. The monoisotopic (exact) mass is 397 g/mol. The van der Waals surface area contributed by atoms with Crippen LogP contribution in [0.3, 0.4) is 0 Å². The van der Waals surface area contributed by atoms with Crippen molar-refractivity contribution in [1.29, 1.82) is 0 Å². The Hall–Kier alpha value is -3.03. The van der Waals surface area contributed by atoms with Gasteiger partial charge in [0.2, 0.25) is 5.43 Å². The van der Waals surface area contributed by atoms with Crippen LogP contribution >= 0.6 is 0 Å². The van der Waals surface area contributed by atoms with E-state index in [1.165, 1.54) is 17.2 Å². The lowest BCUT2D eigenvalue weighted by Gasteiger charge is -2.26. The van der Waals surface area contributed by atoms with Crippen LogP contribution in [0, 0.1) is 0 Å². The van der Waals surface area contributed by atoms with Gasteiger partial charge in [0, 0.05) is 5.56 Å². The fourth-order valence-electron chi connectivity index (χ4n) is 3.70. The molecule has 0 unspecified atom stereocenters. The molecule has 1 aromatic heterocycles. The van der Waals surface area contributed by atoms with E-state index in [1.54, 1.807) is 38.5 Å². The number of fused-ring (bicyclic) bond motifs is 1. The zero-order valence-electron chi connectivity index (χ0n) is 16.4. The Morgan fingerprint density at radius 1 is 1.07 bits per heavy atom. The lowest BCUT2D eigenvalue weighted by molar-refractivity contribution is -0.921. The molecule has 7 heteroatoms. The third-order valence-corrected chi connectivity index (χ3v) is 5.32. The molecular weight excluding hydrogens is 374 g/mol. The molecule has 2 heterocycles. The molecule has 0 aliphatic carbocycles. The van der Waals surface area contributed by atoms with E-state index in [1.807, 2.05) is 0 Å². The summed E-state index contributed by atoms with van der Waals surface area (Å²) in [5.41, 5.74) is 1.78. The predicted molar refractivity (Wildman–Crippen MR) is 106 cm³/mol. The van der Waals surface area contributed by atoms with Gasteiger partial charge in [0.25, 0.3) is 0 Å². The van der Waals surface area contributed by atoms with Gasteiger partial charge in [0.1, 0.15) is 31.5 Å². The van der Waals surface area contributed by atoms with Gasteiger partial charge in [-0.2, -0.15) is 0 Å². The van der Waals surface area contributed by atoms with E-state index < -0.39 is 0 Å². The van der Waals surface area contributed by atoms with Crippen molar-refractivity contribution in [3.05, 3.63) is 52.4 Å². The van der Waals surface area contributed by atoms with E-state index in [4.69, 9.17) is 18.6 Å². The van der Waals surface area contributed by atoms with Crippen molar-refractivity contribution in [2.75, 3.05) is 40.5 Å². The van der Waals surface area contributed by atoms with Crippen molar-refractivity contribution in [2.45, 2.75) is 6.54 Å². The van der Waals surface area contributed by atoms with Gasteiger partial charge < -0.3 is 28.6 Å². The minimum absolute atomic E-state index is 0.112. The summed E-state index contributed by atoms with van der Waals surface area (Å²) < 4.78 is 21.8. The summed E-state index contributed by atoms with van der Waals surface area (Å²) in [4.78, 5) is 14.4. The molecule has 7 nitrogen and oxygen atoms in total. The van der Waals surface area contributed by atoms with E-state index in [0.29, 0.717) is 58.9 Å². The van der Waals surface area contributed by atoms with Gasteiger partial charge in [0.15, 0.2) is 11.5 Å². The van der Waals surface area contributed by atoms with Crippen LogP contribution in [-0.2, 0) is 11.3 Å². The minimum Gasteiger partial charge on any atom is -0.872 e. The maximum Gasteiger partial charge on any atom is 0.200 e. The first-order valence-electron chi connectivity index (χ1n) is 9.50. The fourth-order valence-corrected chi connectivity index (χ4v) is 3.70. The van der Waals surface area contributed by atoms with Gasteiger partial charge >= 0.3 is 0 Å². The maximum absolute atomic E-state index is 13.2. The zero-order chi connectivity index (χ0) is 20.4. The molecule has 1 fully saturated rings. The Morgan fingerprint density at radius 2 is 1.83 bits per heavy atom. The molecule has 1 aliphatic heterocycles. The highest BCUT2D eigenvalue weighted by Gasteiger charge is 2.19. The first kappa shape index (κ1) is 19.3. The predicted octanol–water partition coefficient (Wildman–Crippen LogP) is 0.966. The van der Waals surface area contributed by atoms with Crippen LogP contribution < -0.4 is 24.9 Å². The van der Waals surface area contributed by atoms with Crippen molar-refractivity contribution in [1.82, 2.24) is 0 Å². The first-order valence-corrected chi connectivity index (χ1v) is 9.50. The van der Waals surface area contributed by atoms with Crippen molar-refractivity contribution >= 4 is 11.0 Å².